The van der Waals surface area contributed by atoms with Gasteiger partial charge in [0.05, 0.1) is 27.8 Å². The molecule has 1 aromatic carbocycles. The Morgan fingerprint density at radius 2 is 2.22 bits per heavy atom. The van der Waals surface area contributed by atoms with Crippen molar-refractivity contribution in [2.24, 2.45) is 11.1 Å². The number of fused-ring (bicyclic) bond motifs is 1. The number of carbonyl (C=O) groups is 1. The van der Waals surface area contributed by atoms with Gasteiger partial charge in [0.25, 0.3) is 0 Å². The molecule has 1 amide bonds. The van der Waals surface area contributed by atoms with Crippen LogP contribution >= 0.6 is 11.8 Å². The van der Waals surface area contributed by atoms with Crippen LogP contribution in [0.3, 0.4) is 0 Å². The van der Waals surface area contributed by atoms with Gasteiger partial charge in [-0.1, -0.05) is 11.8 Å². The molecule has 1 aliphatic rings. The molecule has 8 nitrogen and oxygen atoms in total. The number of aromatic nitrogens is 2. The summed E-state index contributed by atoms with van der Waals surface area (Å²) in [6, 6.07) is 6.74. The Morgan fingerprint density at radius 3 is 2.78 bits per heavy atom. The number of hydrogen-bond acceptors (Lipinski definition) is 6. The van der Waals surface area contributed by atoms with Crippen LogP contribution in [0.2, 0.25) is 0 Å². The van der Waals surface area contributed by atoms with Gasteiger partial charge in [-0.3, -0.25) is 4.79 Å². The van der Waals surface area contributed by atoms with Crippen LogP contribution in [-0.2, 0) is 21.4 Å². The van der Waals surface area contributed by atoms with Crippen molar-refractivity contribution in [2.75, 3.05) is 5.75 Å². The minimum atomic E-state index is -3.81. The first-order valence-electron chi connectivity index (χ1n) is 8.56. The number of aryl methyl sites for hydroxylation is 1. The maximum Gasteiger partial charge on any atom is 0.238 e. The lowest BCUT2D eigenvalue weighted by Crippen LogP contribution is -2.47. The zero-order valence-electron chi connectivity index (χ0n) is 15.1. The number of benzene rings is 1. The molecule has 10 heteroatoms. The van der Waals surface area contributed by atoms with E-state index < -0.39 is 15.6 Å². The van der Waals surface area contributed by atoms with Crippen LogP contribution in [0.1, 0.15) is 26.7 Å². The van der Waals surface area contributed by atoms with E-state index in [1.807, 2.05) is 11.5 Å². The largest absolute Gasteiger partial charge is 0.337 e. The Morgan fingerprint density at radius 1 is 1.52 bits per heavy atom. The summed E-state index contributed by atoms with van der Waals surface area (Å²) in [5.74, 6) is 0.110. The number of nitrogens with two attached hydrogens (primary N) is 1. The van der Waals surface area contributed by atoms with Crippen molar-refractivity contribution in [3.63, 3.8) is 0 Å². The summed E-state index contributed by atoms with van der Waals surface area (Å²) >= 11 is 1.25. The summed E-state index contributed by atoms with van der Waals surface area (Å²) in [6.07, 6.45) is 1.91. The second-order valence-electron chi connectivity index (χ2n) is 6.76. The van der Waals surface area contributed by atoms with Gasteiger partial charge in [-0.25, -0.2) is 18.5 Å². The Bertz CT molecular complexity index is 1040. The number of nitriles is 1. The van der Waals surface area contributed by atoms with E-state index in [1.54, 1.807) is 13.0 Å². The van der Waals surface area contributed by atoms with Gasteiger partial charge < -0.3 is 9.88 Å². The van der Waals surface area contributed by atoms with Crippen molar-refractivity contribution < 1.29 is 13.2 Å². The van der Waals surface area contributed by atoms with E-state index in [0.717, 1.165) is 18.4 Å². The van der Waals surface area contributed by atoms with E-state index in [0.29, 0.717) is 17.2 Å². The molecular formula is C17H21N5O3S2. The second kappa shape index (κ2) is 7.14. The Balaban J connectivity index is 1.78. The third kappa shape index (κ3) is 4.10. The Hall–Kier alpha value is -2.09. The zero-order chi connectivity index (χ0) is 19.8. The minimum absolute atomic E-state index is 0.000679. The van der Waals surface area contributed by atoms with Gasteiger partial charge in [0, 0.05) is 6.54 Å². The molecule has 1 saturated carbocycles. The van der Waals surface area contributed by atoms with Crippen molar-refractivity contribution in [3.8, 4) is 6.07 Å². The first kappa shape index (κ1) is 19.7. The van der Waals surface area contributed by atoms with E-state index >= 15 is 0 Å². The molecule has 144 valence electrons. The highest BCUT2D eigenvalue weighted by Gasteiger charge is 2.42. The van der Waals surface area contributed by atoms with Crippen LogP contribution < -0.4 is 10.5 Å². The molecule has 0 saturated heterocycles. The summed E-state index contributed by atoms with van der Waals surface area (Å²) in [4.78, 5) is 16.8. The van der Waals surface area contributed by atoms with Gasteiger partial charge in [0.2, 0.25) is 15.9 Å². The van der Waals surface area contributed by atoms with Crippen LogP contribution in [0.5, 0.6) is 0 Å². The fraction of sp³-hybridized carbons (Fsp3) is 0.471. The molecule has 1 aromatic heterocycles. The molecule has 1 atom stereocenters. The fourth-order valence-electron chi connectivity index (χ4n) is 3.02. The highest BCUT2D eigenvalue weighted by molar-refractivity contribution is 7.99. The first-order chi connectivity index (χ1) is 12.7. The molecule has 0 unspecified atom stereocenters. The smallest absolute Gasteiger partial charge is 0.238 e. The number of hydrogen-bond donors (Lipinski definition) is 2. The SMILES string of the molecule is CCn1c(SCC(=O)N[C@](C)(C#N)C2CC2)nc2cc(S(N)(=O)=O)ccc21. The van der Waals surface area contributed by atoms with Crippen LogP contribution in [0, 0.1) is 17.2 Å². The average molecular weight is 408 g/mol. The molecule has 1 fully saturated rings. The predicted octanol–water partition coefficient (Wildman–Crippen LogP) is 1.60. The molecule has 3 N–H and O–H groups in total. The molecule has 0 bridgehead atoms. The molecule has 2 aromatic rings. The maximum atomic E-state index is 12.3. The highest BCUT2D eigenvalue weighted by Crippen LogP contribution is 2.39. The molecule has 1 aliphatic carbocycles. The van der Waals surface area contributed by atoms with E-state index in [1.165, 1.54) is 23.9 Å². The number of nitrogens with zero attached hydrogens (tertiary/aromatic N) is 3. The molecule has 1 heterocycles. The number of imidazole rings is 1. The quantitative estimate of drug-likeness (QED) is 0.670. The van der Waals surface area contributed by atoms with Gasteiger partial charge >= 0.3 is 0 Å². The normalized spacial score (nSPS) is 16.7. The van der Waals surface area contributed by atoms with Gasteiger partial charge in [-0.2, -0.15) is 5.26 Å². The van der Waals surface area contributed by atoms with Gasteiger partial charge in [0.15, 0.2) is 5.16 Å². The van der Waals surface area contributed by atoms with Crippen molar-refractivity contribution in [3.05, 3.63) is 18.2 Å². The zero-order valence-corrected chi connectivity index (χ0v) is 16.7. The summed E-state index contributed by atoms with van der Waals surface area (Å²) in [5.41, 5.74) is 0.450. The van der Waals surface area contributed by atoms with E-state index in [9.17, 15) is 18.5 Å². The van der Waals surface area contributed by atoms with Crippen molar-refractivity contribution in [1.29, 1.82) is 5.26 Å². The van der Waals surface area contributed by atoms with Gasteiger partial charge in [0.1, 0.15) is 5.54 Å². The van der Waals surface area contributed by atoms with Crippen molar-refractivity contribution >= 4 is 38.7 Å². The second-order valence-corrected chi connectivity index (χ2v) is 9.26. The topological polar surface area (TPSA) is 131 Å². The molecular weight excluding hydrogens is 386 g/mol. The third-order valence-corrected chi connectivity index (χ3v) is 6.57. The number of sulfonamides is 1. The van der Waals surface area contributed by atoms with Crippen molar-refractivity contribution in [1.82, 2.24) is 14.9 Å². The monoisotopic (exact) mass is 407 g/mol. The van der Waals surface area contributed by atoms with Crippen LogP contribution in [0.15, 0.2) is 28.3 Å². The first-order valence-corrected chi connectivity index (χ1v) is 11.1. The fourth-order valence-corrected chi connectivity index (χ4v) is 4.43. The molecule has 3 rings (SSSR count). The highest BCUT2D eigenvalue weighted by atomic mass is 32.2. The third-order valence-electron chi connectivity index (χ3n) is 4.69. The van der Waals surface area contributed by atoms with Crippen LogP contribution in [-0.4, -0.2) is 35.2 Å². The number of primary sulfonamides is 1. The lowest BCUT2D eigenvalue weighted by Gasteiger charge is -2.22. The summed E-state index contributed by atoms with van der Waals surface area (Å²) in [5, 5.41) is 18.0. The standard InChI is InChI=1S/C17H21N5O3S2/c1-3-22-14-7-6-12(27(19,24)25)8-13(14)20-16(22)26-9-15(23)21-17(2,10-18)11-4-5-11/h6-8,11H,3-5,9H2,1-2H3,(H,21,23)(H2,19,24,25)/t17-/m1/s1. The van der Waals surface area contributed by atoms with E-state index in [4.69, 9.17) is 5.14 Å². The van der Waals surface area contributed by atoms with E-state index in [2.05, 4.69) is 16.4 Å². The molecule has 0 spiro atoms. The Kier molecular flexibility index (Phi) is 5.20. The van der Waals surface area contributed by atoms with E-state index in [-0.39, 0.29) is 22.5 Å². The predicted molar refractivity (Wildman–Crippen MR) is 102 cm³/mol. The van der Waals surface area contributed by atoms with Gasteiger partial charge in [-0.05, 0) is 50.8 Å². The Labute approximate surface area is 162 Å². The summed E-state index contributed by atoms with van der Waals surface area (Å²) < 4.78 is 25.0. The average Bonchev–Trinajstić information content (AvgIpc) is 3.40. The number of rotatable bonds is 7. The number of nitrogens with one attached hydrogen (secondary N) is 1. The summed E-state index contributed by atoms with van der Waals surface area (Å²) in [7, 11) is -3.81. The van der Waals surface area contributed by atoms with Gasteiger partial charge in [-0.15, -0.1) is 0 Å². The lowest BCUT2D eigenvalue weighted by molar-refractivity contribution is -0.119. The molecule has 27 heavy (non-hydrogen) atoms. The van der Waals surface area contributed by atoms with Crippen molar-refractivity contribution in [2.45, 2.75) is 48.8 Å². The number of carbonyl (C=O) groups excluding carboxylic acids is 1. The minimum Gasteiger partial charge on any atom is -0.337 e. The lowest BCUT2D eigenvalue weighted by atomic mass is 9.98. The van der Waals surface area contributed by atoms with Crippen LogP contribution in [0.4, 0.5) is 0 Å². The molecule has 0 aliphatic heterocycles. The molecule has 0 radical (unpaired) electrons. The maximum absolute atomic E-state index is 12.3. The number of amides is 1. The summed E-state index contributed by atoms with van der Waals surface area (Å²) in [6.45, 7) is 4.31. The number of thioether (sulfide) groups is 1. The van der Waals surface area contributed by atoms with Crippen LogP contribution in [0.25, 0.3) is 11.0 Å².